The van der Waals surface area contributed by atoms with Crippen molar-refractivity contribution < 1.29 is 19.2 Å². The van der Waals surface area contributed by atoms with Crippen molar-refractivity contribution in [3.63, 3.8) is 0 Å². The molecule has 0 amide bonds. The van der Waals surface area contributed by atoms with Gasteiger partial charge in [-0.2, -0.15) is 5.10 Å². The SMILES string of the molecule is Cc1cc(C(=O)Cn2cc([N+](=O)[O-])cn2)c(C)n1CC1COc2ccccc2O1. The zero-order valence-electron chi connectivity index (χ0n) is 16.1. The summed E-state index contributed by atoms with van der Waals surface area (Å²) in [6.07, 6.45) is 2.21. The van der Waals surface area contributed by atoms with Crippen molar-refractivity contribution >= 4 is 11.5 Å². The molecular weight excluding hydrogens is 376 g/mol. The molecular formula is C20H20N4O5. The van der Waals surface area contributed by atoms with Gasteiger partial charge >= 0.3 is 5.69 Å². The monoisotopic (exact) mass is 396 g/mol. The van der Waals surface area contributed by atoms with Crippen LogP contribution in [0.2, 0.25) is 0 Å². The number of Topliss-reactive ketones (excluding diaryl/α,β-unsaturated/α-hetero) is 1. The summed E-state index contributed by atoms with van der Waals surface area (Å²) >= 11 is 0. The van der Waals surface area contributed by atoms with Crippen molar-refractivity contribution in [3.8, 4) is 11.5 Å². The number of aromatic nitrogens is 3. The van der Waals surface area contributed by atoms with E-state index in [1.165, 1.54) is 10.9 Å². The fourth-order valence-corrected chi connectivity index (χ4v) is 3.49. The summed E-state index contributed by atoms with van der Waals surface area (Å²) in [5, 5.41) is 14.7. The first kappa shape index (κ1) is 18.7. The van der Waals surface area contributed by atoms with E-state index >= 15 is 0 Å². The maximum absolute atomic E-state index is 12.7. The Balaban J connectivity index is 1.49. The summed E-state index contributed by atoms with van der Waals surface area (Å²) in [7, 11) is 0. The van der Waals surface area contributed by atoms with Crippen LogP contribution in [0.4, 0.5) is 5.69 Å². The van der Waals surface area contributed by atoms with Gasteiger partial charge in [0.05, 0.1) is 11.5 Å². The Bertz CT molecular complexity index is 1080. The third-order valence-electron chi connectivity index (χ3n) is 4.96. The molecule has 0 spiro atoms. The molecule has 0 fully saturated rings. The molecule has 0 saturated heterocycles. The smallest absolute Gasteiger partial charge is 0.307 e. The van der Waals surface area contributed by atoms with E-state index < -0.39 is 4.92 Å². The topological polar surface area (TPSA) is 101 Å². The molecule has 1 aromatic carbocycles. The third kappa shape index (κ3) is 3.71. The summed E-state index contributed by atoms with van der Waals surface area (Å²) in [4.78, 5) is 23.0. The normalized spacial score (nSPS) is 15.3. The summed E-state index contributed by atoms with van der Waals surface area (Å²) < 4.78 is 15.1. The van der Waals surface area contributed by atoms with Crippen molar-refractivity contribution in [1.29, 1.82) is 0 Å². The van der Waals surface area contributed by atoms with Gasteiger partial charge in [-0.05, 0) is 32.0 Å². The fraction of sp³-hybridized carbons (Fsp3) is 0.300. The Kier molecular flexibility index (Phi) is 4.79. The molecule has 1 aliphatic rings. The number of nitrogens with zero attached hydrogens (tertiary/aromatic N) is 4. The Morgan fingerprint density at radius 3 is 2.79 bits per heavy atom. The predicted octanol–water partition coefficient (Wildman–Crippen LogP) is 2.93. The van der Waals surface area contributed by atoms with Crippen LogP contribution in [0.1, 0.15) is 21.7 Å². The summed E-state index contributed by atoms with van der Waals surface area (Å²) in [6, 6.07) is 9.36. The van der Waals surface area contributed by atoms with Crippen LogP contribution < -0.4 is 9.47 Å². The second kappa shape index (κ2) is 7.42. The highest BCUT2D eigenvalue weighted by Crippen LogP contribution is 2.31. The Hall–Kier alpha value is -3.62. The van der Waals surface area contributed by atoms with E-state index in [1.807, 2.05) is 48.7 Å². The number of hydrogen-bond acceptors (Lipinski definition) is 6. The van der Waals surface area contributed by atoms with Gasteiger partial charge in [0.25, 0.3) is 0 Å². The first-order valence-corrected chi connectivity index (χ1v) is 9.17. The van der Waals surface area contributed by atoms with Crippen LogP contribution in [0, 0.1) is 24.0 Å². The molecule has 1 atom stereocenters. The average Bonchev–Trinajstić information content (AvgIpc) is 3.28. The summed E-state index contributed by atoms with van der Waals surface area (Å²) in [6.45, 7) is 4.72. The van der Waals surface area contributed by atoms with E-state index in [-0.39, 0.29) is 24.1 Å². The molecule has 150 valence electrons. The van der Waals surface area contributed by atoms with Crippen molar-refractivity contribution in [2.45, 2.75) is 33.0 Å². The van der Waals surface area contributed by atoms with Crippen LogP contribution in [0.15, 0.2) is 42.7 Å². The van der Waals surface area contributed by atoms with Gasteiger partial charge in [-0.15, -0.1) is 0 Å². The van der Waals surface area contributed by atoms with E-state index in [9.17, 15) is 14.9 Å². The molecule has 1 aliphatic heterocycles. The van der Waals surface area contributed by atoms with Crippen molar-refractivity contribution in [1.82, 2.24) is 14.3 Å². The minimum Gasteiger partial charge on any atom is -0.486 e. The zero-order valence-corrected chi connectivity index (χ0v) is 16.1. The number of ether oxygens (including phenoxy) is 2. The second-order valence-electron chi connectivity index (χ2n) is 6.97. The van der Waals surface area contributed by atoms with Gasteiger partial charge in [0.1, 0.15) is 25.5 Å². The molecule has 4 rings (SSSR count). The minimum atomic E-state index is -0.537. The number of carbonyl (C=O) groups is 1. The molecule has 0 bridgehead atoms. The van der Waals surface area contributed by atoms with Crippen LogP contribution in [0.3, 0.4) is 0 Å². The van der Waals surface area contributed by atoms with Crippen molar-refractivity contribution in [2.24, 2.45) is 0 Å². The standard InChI is InChI=1S/C20H20N4O5/c1-13-7-17(18(25)11-22-9-15(8-21-22)24(26)27)14(2)23(13)10-16-12-28-19-5-3-4-6-20(19)29-16/h3-9,16H,10-12H2,1-2H3. The maximum Gasteiger partial charge on any atom is 0.307 e. The summed E-state index contributed by atoms with van der Waals surface area (Å²) in [5.74, 6) is 1.28. The van der Waals surface area contributed by atoms with E-state index in [2.05, 4.69) is 5.10 Å². The Labute approximate surface area is 166 Å². The van der Waals surface area contributed by atoms with Crippen LogP contribution in [-0.4, -0.2) is 37.8 Å². The number of benzene rings is 1. The molecule has 0 aliphatic carbocycles. The number of ketones is 1. The highest BCUT2D eigenvalue weighted by molar-refractivity contribution is 5.97. The molecule has 0 saturated carbocycles. The number of hydrogen-bond donors (Lipinski definition) is 0. The highest BCUT2D eigenvalue weighted by atomic mass is 16.6. The lowest BCUT2D eigenvalue weighted by molar-refractivity contribution is -0.385. The number of nitro groups is 1. The van der Waals surface area contributed by atoms with Gasteiger partial charge in [-0.3, -0.25) is 19.6 Å². The van der Waals surface area contributed by atoms with Gasteiger partial charge in [-0.1, -0.05) is 12.1 Å². The molecule has 1 unspecified atom stereocenters. The molecule has 3 heterocycles. The lowest BCUT2D eigenvalue weighted by Gasteiger charge is -2.27. The Morgan fingerprint density at radius 1 is 1.31 bits per heavy atom. The van der Waals surface area contributed by atoms with Crippen LogP contribution in [0.25, 0.3) is 0 Å². The van der Waals surface area contributed by atoms with Gasteiger partial charge in [0, 0.05) is 17.0 Å². The highest BCUT2D eigenvalue weighted by Gasteiger charge is 2.24. The lowest BCUT2D eigenvalue weighted by Crippen LogP contribution is -2.33. The van der Waals surface area contributed by atoms with E-state index in [0.29, 0.717) is 24.5 Å². The van der Waals surface area contributed by atoms with Crippen molar-refractivity contribution in [2.75, 3.05) is 6.61 Å². The number of para-hydroxylation sites is 2. The van der Waals surface area contributed by atoms with E-state index in [4.69, 9.17) is 9.47 Å². The number of aryl methyl sites for hydroxylation is 1. The largest absolute Gasteiger partial charge is 0.486 e. The summed E-state index contributed by atoms with van der Waals surface area (Å²) in [5.41, 5.74) is 2.17. The second-order valence-corrected chi connectivity index (χ2v) is 6.97. The van der Waals surface area contributed by atoms with Crippen LogP contribution in [0.5, 0.6) is 11.5 Å². The number of carbonyl (C=O) groups excluding carboxylic acids is 1. The first-order valence-electron chi connectivity index (χ1n) is 9.17. The Morgan fingerprint density at radius 2 is 2.07 bits per heavy atom. The van der Waals surface area contributed by atoms with E-state index in [0.717, 1.165) is 23.3 Å². The third-order valence-corrected chi connectivity index (χ3v) is 4.96. The quantitative estimate of drug-likeness (QED) is 0.361. The molecule has 29 heavy (non-hydrogen) atoms. The van der Waals surface area contributed by atoms with Gasteiger partial charge < -0.3 is 14.0 Å². The average molecular weight is 396 g/mol. The number of rotatable bonds is 6. The van der Waals surface area contributed by atoms with Gasteiger partial charge in [0.15, 0.2) is 23.4 Å². The van der Waals surface area contributed by atoms with Crippen molar-refractivity contribution in [3.05, 3.63) is 69.8 Å². The maximum atomic E-state index is 12.7. The molecule has 9 nitrogen and oxygen atoms in total. The lowest BCUT2D eigenvalue weighted by atomic mass is 10.1. The van der Waals surface area contributed by atoms with Crippen LogP contribution >= 0.6 is 0 Å². The minimum absolute atomic E-state index is 0.0610. The van der Waals surface area contributed by atoms with E-state index in [1.54, 1.807) is 0 Å². The van der Waals surface area contributed by atoms with Gasteiger partial charge in [-0.25, -0.2) is 0 Å². The van der Waals surface area contributed by atoms with Gasteiger partial charge in [0.2, 0.25) is 0 Å². The number of fused-ring (bicyclic) bond motifs is 1. The van der Waals surface area contributed by atoms with Crippen LogP contribution in [-0.2, 0) is 13.1 Å². The zero-order chi connectivity index (χ0) is 20.5. The molecule has 0 N–H and O–H groups in total. The molecule has 2 aromatic heterocycles. The fourth-order valence-electron chi connectivity index (χ4n) is 3.49. The molecule has 9 heteroatoms. The molecule has 3 aromatic rings. The first-order chi connectivity index (χ1) is 13.9. The molecule has 0 radical (unpaired) electrons. The predicted molar refractivity (Wildman–Crippen MR) is 103 cm³/mol.